The zero-order valence-corrected chi connectivity index (χ0v) is 15.5. The summed E-state index contributed by atoms with van der Waals surface area (Å²) in [4.78, 5) is 14.5. The minimum Gasteiger partial charge on any atom is -0.486 e. The third-order valence-corrected chi connectivity index (χ3v) is 4.93. The van der Waals surface area contributed by atoms with Crippen molar-refractivity contribution in [1.82, 2.24) is 19.7 Å². The van der Waals surface area contributed by atoms with Crippen LogP contribution in [0.3, 0.4) is 0 Å². The van der Waals surface area contributed by atoms with Crippen LogP contribution in [0.15, 0.2) is 46.7 Å². The van der Waals surface area contributed by atoms with Gasteiger partial charge in [-0.05, 0) is 48.5 Å². The van der Waals surface area contributed by atoms with Crippen LogP contribution in [0.25, 0.3) is 0 Å². The van der Waals surface area contributed by atoms with E-state index in [0.717, 1.165) is 0 Å². The second-order valence-corrected chi connectivity index (χ2v) is 6.77. The first-order valence-corrected chi connectivity index (χ1v) is 8.69. The Morgan fingerprint density at radius 2 is 2.04 bits per heavy atom. The SMILES string of the molecule is Cc1cc([N+](=O)[O-])cnc1Sc1nnc(COc2ccc(Cl)cc2)n1C. The zero-order valence-electron chi connectivity index (χ0n) is 13.9. The van der Waals surface area contributed by atoms with E-state index < -0.39 is 4.92 Å². The fourth-order valence-corrected chi connectivity index (χ4v) is 3.03. The standard InChI is InChI=1S/C16H14ClN5O3S/c1-10-7-12(22(23)24)8-18-15(10)26-16-20-19-14(21(16)2)9-25-13-5-3-11(17)4-6-13/h3-8H,9H2,1-2H3. The molecule has 0 bridgehead atoms. The third kappa shape index (κ3) is 4.12. The van der Waals surface area contributed by atoms with Crippen molar-refractivity contribution in [2.24, 2.45) is 7.05 Å². The normalized spacial score (nSPS) is 10.7. The van der Waals surface area contributed by atoms with Crippen molar-refractivity contribution in [2.75, 3.05) is 0 Å². The van der Waals surface area contributed by atoms with Crippen LogP contribution in [0.5, 0.6) is 5.75 Å². The Kier molecular flexibility index (Phi) is 5.38. The summed E-state index contributed by atoms with van der Waals surface area (Å²) in [6.07, 6.45) is 1.23. The average Bonchev–Trinajstić information content (AvgIpc) is 2.96. The van der Waals surface area contributed by atoms with Crippen LogP contribution < -0.4 is 4.74 Å². The zero-order chi connectivity index (χ0) is 18.7. The molecule has 0 saturated heterocycles. The Morgan fingerprint density at radius 3 is 2.69 bits per heavy atom. The molecule has 10 heteroatoms. The largest absolute Gasteiger partial charge is 0.486 e. The van der Waals surface area contributed by atoms with Gasteiger partial charge in [-0.15, -0.1) is 10.2 Å². The summed E-state index contributed by atoms with van der Waals surface area (Å²) in [5, 5.41) is 21.0. The predicted molar refractivity (Wildman–Crippen MR) is 96.5 cm³/mol. The number of aromatic nitrogens is 4. The molecule has 26 heavy (non-hydrogen) atoms. The molecule has 0 aliphatic rings. The molecule has 0 fully saturated rings. The number of nitro groups is 1. The van der Waals surface area contributed by atoms with Crippen molar-refractivity contribution in [3.63, 3.8) is 0 Å². The molecule has 0 N–H and O–H groups in total. The average molecular weight is 392 g/mol. The number of benzene rings is 1. The van der Waals surface area contributed by atoms with Crippen molar-refractivity contribution in [2.45, 2.75) is 23.7 Å². The Balaban J connectivity index is 1.70. The molecule has 0 amide bonds. The smallest absolute Gasteiger partial charge is 0.287 e. The van der Waals surface area contributed by atoms with E-state index in [-0.39, 0.29) is 12.3 Å². The quantitative estimate of drug-likeness (QED) is 0.465. The Bertz CT molecular complexity index is 946. The summed E-state index contributed by atoms with van der Waals surface area (Å²) < 4.78 is 7.47. The summed E-state index contributed by atoms with van der Waals surface area (Å²) in [5.41, 5.74) is 0.660. The topological polar surface area (TPSA) is 96.0 Å². The number of hydrogen-bond acceptors (Lipinski definition) is 7. The van der Waals surface area contributed by atoms with E-state index >= 15 is 0 Å². The number of ether oxygens (including phenoxy) is 1. The molecule has 3 rings (SSSR count). The van der Waals surface area contributed by atoms with Crippen LogP contribution in [0, 0.1) is 17.0 Å². The predicted octanol–water partition coefficient (Wildman–Crippen LogP) is 3.81. The minimum absolute atomic E-state index is 0.0399. The van der Waals surface area contributed by atoms with Crippen molar-refractivity contribution in [1.29, 1.82) is 0 Å². The van der Waals surface area contributed by atoms with Crippen molar-refractivity contribution in [3.8, 4) is 5.75 Å². The van der Waals surface area contributed by atoms with E-state index in [0.29, 0.717) is 32.3 Å². The molecule has 0 aliphatic heterocycles. The van der Waals surface area contributed by atoms with Crippen LogP contribution in [0.1, 0.15) is 11.4 Å². The van der Waals surface area contributed by atoms with Gasteiger partial charge in [0, 0.05) is 18.1 Å². The lowest BCUT2D eigenvalue weighted by molar-refractivity contribution is -0.385. The van der Waals surface area contributed by atoms with Gasteiger partial charge in [0.15, 0.2) is 11.0 Å². The molecule has 0 atom stereocenters. The lowest BCUT2D eigenvalue weighted by atomic mass is 10.3. The molecular formula is C16H14ClN5O3S. The maximum Gasteiger partial charge on any atom is 0.287 e. The van der Waals surface area contributed by atoms with Crippen molar-refractivity contribution >= 4 is 29.1 Å². The Labute approximate surface area is 158 Å². The molecule has 1 aromatic carbocycles. The monoisotopic (exact) mass is 391 g/mol. The Morgan fingerprint density at radius 1 is 1.31 bits per heavy atom. The summed E-state index contributed by atoms with van der Waals surface area (Å²) in [6.45, 7) is 2.02. The maximum absolute atomic E-state index is 10.8. The van der Waals surface area contributed by atoms with Gasteiger partial charge in [0.2, 0.25) is 0 Å². The van der Waals surface area contributed by atoms with Gasteiger partial charge < -0.3 is 9.30 Å². The number of halogens is 1. The van der Waals surface area contributed by atoms with Gasteiger partial charge >= 0.3 is 0 Å². The molecule has 0 spiro atoms. The molecule has 2 aromatic heterocycles. The highest BCUT2D eigenvalue weighted by atomic mass is 35.5. The molecular weight excluding hydrogens is 378 g/mol. The second kappa shape index (κ2) is 7.71. The van der Waals surface area contributed by atoms with Crippen LogP contribution in [-0.2, 0) is 13.7 Å². The van der Waals surface area contributed by atoms with E-state index in [1.165, 1.54) is 24.0 Å². The first-order chi connectivity index (χ1) is 12.4. The molecule has 3 aromatic rings. The number of rotatable bonds is 6. The van der Waals surface area contributed by atoms with Crippen LogP contribution in [-0.4, -0.2) is 24.7 Å². The highest BCUT2D eigenvalue weighted by molar-refractivity contribution is 7.99. The van der Waals surface area contributed by atoms with E-state index in [1.54, 1.807) is 35.8 Å². The fourth-order valence-electron chi connectivity index (χ4n) is 2.08. The van der Waals surface area contributed by atoms with Crippen molar-refractivity contribution < 1.29 is 9.66 Å². The van der Waals surface area contributed by atoms with E-state index in [4.69, 9.17) is 16.3 Å². The first-order valence-electron chi connectivity index (χ1n) is 7.49. The lowest BCUT2D eigenvalue weighted by Gasteiger charge is -2.07. The molecule has 0 aliphatic carbocycles. The highest BCUT2D eigenvalue weighted by Crippen LogP contribution is 2.29. The van der Waals surface area contributed by atoms with Crippen LogP contribution in [0.2, 0.25) is 5.02 Å². The van der Waals surface area contributed by atoms with E-state index in [1.807, 2.05) is 7.05 Å². The molecule has 8 nitrogen and oxygen atoms in total. The molecule has 0 radical (unpaired) electrons. The minimum atomic E-state index is -0.469. The molecule has 2 heterocycles. The Hall–Kier alpha value is -2.65. The summed E-state index contributed by atoms with van der Waals surface area (Å²) in [6, 6.07) is 8.53. The van der Waals surface area contributed by atoms with Gasteiger partial charge in [0.05, 0.1) is 4.92 Å². The highest BCUT2D eigenvalue weighted by Gasteiger charge is 2.15. The van der Waals surface area contributed by atoms with E-state index in [2.05, 4.69) is 15.2 Å². The van der Waals surface area contributed by atoms with Gasteiger partial charge in [0.25, 0.3) is 5.69 Å². The second-order valence-electron chi connectivity index (χ2n) is 5.38. The lowest BCUT2D eigenvalue weighted by Crippen LogP contribution is -2.04. The first kappa shape index (κ1) is 18.2. The summed E-state index contributed by atoms with van der Waals surface area (Å²) in [7, 11) is 1.82. The number of nitrogens with zero attached hydrogens (tertiary/aromatic N) is 5. The van der Waals surface area contributed by atoms with Crippen molar-refractivity contribution in [3.05, 3.63) is 63.1 Å². The van der Waals surface area contributed by atoms with Crippen LogP contribution in [0.4, 0.5) is 5.69 Å². The number of pyridine rings is 1. The van der Waals surface area contributed by atoms with Crippen LogP contribution >= 0.6 is 23.4 Å². The summed E-state index contributed by atoms with van der Waals surface area (Å²) in [5.74, 6) is 1.32. The maximum atomic E-state index is 10.8. The van der Waals surface area contributed by atoms with Gasteiger partial charge in [-0.2, -0.15) is 0 Å². The van der Waals surface area contributed by atoms with E-state index in [9.17, 15) is 10.1 Å². The number of hydrogen-bond donors (Lipinski definition) is 0. The van der Waals surface area contributed by atoms with Gasteiger partial charge in [-0.1, -0.05) is 11.6 Å². The summed E-state index contributed by atoms with van der Waals surface area (Å²) >= 11 is 7.13. The van der Waals surface area contributed by atoms with Gasteiger partial charge in [-0.3, -0.25) is 10.1 Å². The molecule has 134 valence electrons. The third-order valence-electron chi connectivity index (χ3n) is 3.52. The molecule has 0 saturated carbocycles. The molecule has 0 unspecified atom stereocenters. The number of aryl methyl sites for hydroxylation is 1. The van der Waals surface area contributed by atoms with Gasteiger partial charge in [0.1, 0.15) is 23.6 Å². The van der Waals surface area contributed by atoms with Gasteiger partial charge in [-0.25, -0.2) is 4.98 Å². The fraction of sp³-hybridized carbons (Fsp3) is 0.188.